The average Bonchev–Trinajstić information content (AvgIpc) is 2.95. The molecule has 0 amide bonds. The van der Waals surface area contributed by atoms with Crippen LogP contribution in [0.2, 0.25) is 0 Å². The van der Waals surface area contributed by atoms with Crippen molar-refractivity contribution in [1.29, 1.82) is 0 Å². The molecule has 0 saturated heterocycles. The minimum Gasteiger partial charge on any atom is -0.361 e. The molecule has 0 fully saturated rings. The van der Waals surface area contributed by atoms with Gasteiger partial charge in [-0.1, -0.05) is 30.3 Å². The second-order valence-corrected chi connectivity index (χ2v) is 5.06. The second kappa shape index (κ2) is 5.76. The van der Waals surface area contributed by atoms with Gasteiger partial charge in [0.05, 0.1) is 5.56 Å². The Bertz CT molecular complexity index is 873. The minimum atomic E-state index is -4.40. The summed E-state index contributed by atoms with van der Waals surface area (Å²) in [7, 11) is 0. The largest absolute Gasteiger partial charge is 0.416 e. The van der Waals surface area contributed by atoms with Crippen molar-refractivity contribution in [3.63, 3.8) is 0 Å². The molecule has 3 rings (SSSR count). The van der Waals surface area contributed by atoms with E-state index in [4.69, 9.17) is 0 Å². The Morgan fingerprint density at radius 3 is 2.39 bits per heavy atom. The van der Waals surface area contributed by atoms with Crippen molar-refractivity contribution < 1.29 is 18.0 Å². The monoisotopic (exact) mass is 315 g/mol. The number of aromatic amines is 1. The van der Waals surface area contributed by atoms with Crippen LogP contribution in [0, 0.1) is 0 Å². The molecule has 116 valence electrons. The molecule has 5 heteroatoms. The Balaban J connectivity index is 1.81. The van der Waals surface area contributed by atoms with E-state index in [9.17, 15) is 18.0 Å². The van der Waals surface area contributed by atoms with E-state index in [1.165, 1.54) is 18.2 Å². The van der Waals surface area contributed by atoms with Crippen molar-refractivity contribution in [1.82, 2.24) is 4.98 Å². The number of aromatic nitrogens is 1. The van der Waals surface area contributed by atoms with E-state index < -0.39 is 11.7 Å². The SMILES string of the molecule is O=C(/C=C/c1c[nH]c2ccccc12)c1ccc(C(F)(F)F)cc1. The molecule has 1 aromatic heterocycles. The van der Waals surface area contributed by atoms with Gasteiger partial charge in [0.25, 0.3) is 0 Å². The number of benzene rings is 2. The summed E-state index contributed by atoms with van der Waals surface area (Å²) >= 11 is 0. The van der Waals surface area contributed by atoms with Gasteiger partial charge in [0.1, 0.15) is 0 Å². The zero-order chi connectivity index (χ0) is 16.4. The normalized spacial score (nSPS) is 12.1. The fourth-order valence-electron chi connectivity index (χ4n) is 2.32. The molecule has 2 nitrogen and oxygen atoms in total. The highest BCUT2D eigenvalue weighted by Crippen LogP contribution is 2.29. The lowest BCUT2D eigenvalue weighted by Gasteiger charge is -2.06. The van der Waals surface area contributed by atoms with Crippen molar-refractivity contribution in [2.75, 3.05) is 0 Å². The van der Waals surface area contributed by atoms with Crippen LogP contribution in [0.5, 0.6) is 0 Å². The average molecular weight is 315 g/mol. The van der Waals surface area contributed by atoms with E-state index in [1.54, 1.807) is 12.3 Å². The molecule has 0 spiro atoms. The fraction of sp³-hybridized carbons (Fsp3) is 0.0556. The van der Waals surface area contributed by atoms with Gasteiger partial charge in [-0.2, -0.15) is 13.2 Å². The van der Waals surface area contributed by atoms with Crippen molar-refractivity contribution in [2.24, 2.45) is 0 Å². The standard InChI is InChI=1S/C18H12F3NO/c19-18(20,21)14-8-5-12(6-9-14)17(23)10-7-13-11-22-16-4-2-1-3-15(13)16/h1-11,22H/b10-7+. The number of carbonyl (C=O) groups excluding carboxylic acids is 1. The fourth-order valence-corrected chi connectivity index (χ4v) is 2.32. The minimum absolute atomic E-state index is 0.217. The first kappa shape index (κ1) is 15.1. The third kappa shape index (κ3) is 3.18. The first-order valence-electron chi connectivity index (χ1n) is 6.91. The van der Waals surface area contributed by atoms with Crippen LogP contribution in [0.3, 0.4) is 0 Å². The van der Waals surface area contributed by atoms with Crippen molar-refractivity contribution >= 4 is 22.8 Å². The number of rotatable bonds is 3. The van der Waals surface area contributed by atoms with Crippen LogP contribution in [0.4, 0.5) is 13.2 Å². The van der Waals surface area contributed by atoms with Crippen LogP contribution in [0.1, 0.15) is 21.5 Å². The Hall–Kier alpha value is -2.82. The van der Waals surface area contributed by atoms with Crippen LogP contribution in [0.15, 0.2) is 60.8 Å². The number of fused-ring (bicyclic) bond motifs is 1. The first-order valence-corrected chi connectivity index (χ1v) is 6.91. The predicted molar refractivity (Wildman–Crippen MR) is 83.1 cm³/mol. The second-order valence-electron chi connectivity index (χ2n) is 5.06. The molecular formula is C18H12F3NO. The number of para-hydroxylation sites is 1. The van der Waals surface area contributed by atoms with Gasteiger partial charge in [-0.25, -0.2) is 0 Å². The molecule has 0 aliphatic heterocycles. The number of H-pyrrole nitrogens is 1. The van der Waals surface area contributed by atoms with Gasteiger partial charge in [-0.3, -0.25) is 4.79 Å². The molecule has 0 radical (unpaired) electrons. The molecule has 2 aromatic carbocycles. The molecule has 0 aliphatic rings. The zero-order valence-corrected chi connectivity index (χ0v) is 11.9. The number of hydrogen-bond acceptors (Lipinski definition) is 1. The van der Waals surface area contributed by atoms with E-state index in [2.05, 4.69) is 4.98 Å². The van der Waals surface area contributed by atoms with Crippen LogP contribution in [0.25, 0.3) is 17.0 Å². The Kier molecular flexibility index (Phi) is 3.78. The smallest absolute Gasteiger partial charge is 0.361 e. The van der Waals surface area contributed by atoms with Crippen LogP contribution >= 0.6 is 0 Å². The number of carbonyl (C=O) groups is 1. The summed E-state index contributed by atoms with van der Waals surface area (Å²) in [5, 5.41) is 0.976. The molecule has 1 N–H and O–H groups in total. The third-order valence-electron chi connectivity index (χ3n) is 3.53. The highest BCUT2D eigenvalue weighted by molar-refractivity contribution is 6.07. The number of nitrogens with one attached hydrogen (secondary N) is 1. The maximum Gasteiger partial charge on any atom is 0.416 e. The van der Waals surface area contributed by atoms with Crippen molar-refractivity contribution in [3.8, 4) is 0 Å². The lowest BCUT2D eigenvalue weighted by molar-refractivity contribution is -0.137. The summed E-state index contributed by atoms with van der Waals surface area (Å²) in [6, 6.07) is 11.8. The summed E-state index contributed by atoms with van der Waals surface area (Å²) in [4.78, 5) is 15.1. The molecule has 3 aromatic rings. The van der Waals surface area contributed by atoms with Gasteiger partial charge in [-0.05, 0) is 35.9 Å². The van der Waals surface area contributed by atoms with Gasteiger partial charge in [0, 0.05) is 22.7 Å². The lowest BCUT2D eigenvalue weighted by atomic mass is 10.1. The summed E-state index contributed by atoms with van der Waals surface area (Å²) < 4.78 is 37.5. The molecule has 1 heterocycles. The van der Waals surface area contributed by atoms with Gasteiger partial charge in [-0.15, -0.1) is 0 Å². The number of hydrogen-bond donors (Lipinski definition) is 1. The van der Waals surface area contributed by atoms with Crippen LogP contribution in [-0.4, -0.2) is 10.8 Å². The summed E-state index contributed by atoms with van der Waals surface area (Å²) in [6.45, 7) is 0. The quantitative estimate of drug-likeness (QED) is 0.530. The molecule has 0 atom stereocenters. The topological polar surface area (TPSA) is 32.9 Å². The van der Waals surface area contributed by atoms with E-state index >= 15 is 0 Å². The van der Waals surface area contributed by atoms with E-state index in [0.29, 0.717) is 0 Å². The third-order valence-corrected chi connectivity index (χ3v) is 3.53. The highest BCUT2D eigenvalue weighted by Gasteiger charge is 2.30. The molecule has 0 bridgehead atoms. The molecule has 0 unspecified atom stereocenters. The van der Waals surface area contributed by atoms with Crippen molar-refractivity contribution in [3.05, 3.63) is 77.5 Å². The summed E-state index contributed by atoms with van der Waals surface area (Å²) in [5.74, 6) is -0.344. The molecule has 0 aliphatic carbocycles. The molecule has 23 heavy (non-hydrogen) atoms. The van der Waals surface area contributed by atoms with E-state index in [1.807, 2.05) is 24.3 Å². The predicted octanol–water partition coefficient (Wildman–Crippen LogP) is 5.08. The highest BCUT2D eigenvalue weighted by atomic mass is 19.4. The van der Waals surface area contributed by atoms with Crippen LogP contribution < -0.4 is 0 Å². The summed E-state index contributed by atoms with van der Waals surface area (Å²) in [5.41, 5.74) is 1.25. The number of alkyl halides is 3. The zero-order valence-electron chi connectivity index (χ0n) is 11.9. The van der Waals surface area contributed by atoms with Gasteiger partial charge >= 0.3 is 6.18 Å². The Morgan fingerprint density at radius 1 is 1.00 bits per heavy atom. The maximum atomic E-state index is 12.5. The number of halogens is 3. The van der Waals surface area contributed by atoms with Crippen molar-refractivity contribution in [2.45, 2.75) is 6.18 Å². The number of ketones is 1. The summed E-state index contributed by atoms with van der Waals surface area (Å²) in [6.07, 6.45) is 0.389. The van der Waals surface area contributed by atoms with E-state index in [-0.39, 0.29) is 11.3 Å². The molecular weight excluding hydrogens is 303 g/mol. The van der Waals surface area contributed by atoms with Crippen LogP contribution in [-0.2, 0) is 6.18 Å². The number of allylic oxidation sites excluding steroid dienone is 1. The van der Waals surface area contributed by atoms with Gasteiger partial charge < -0.3 is 4.98 Å². The Morgan fingerprint density at radius 2 is 1.70 bits per heavy atom. The van der Waals surface area contributed by atoms with Gasteiger partial charge in [0.15, 0.2) is 5.78 Å². The lowest BCUT2D eigenvalue weighted by Crippen LogP contribution is -2.05. The van der Waals surface area contributed by atoms with E-state index in [0.717, 1.165) is 28.6 Å². The molecule has 0 saturated carbocycles. The first-order chi connectivity index (χ1) is 10.9. The van der Waals surface area contributed by atoms with Gasteiger partial charge in [0.2, 0.25) is 0 Å². The Labute approximate surface area is 130 Å². The maximum absolute atomic E-state index is 12.5.